The van der Waals surface area contributed by atoms with Crippen molar-refractivity contribution in [3.8, 4) is 0 Å². The van der Waals surface area contributed by atoms with Crippen molar-refractivity contribution < 1.29 is 29.3 Å². The van der Waals surface area contributed by atoms with E-state index in [9.17, 15) is 24.6 Å². The van der Waals surface area contributed by atoms with Gasteiger partial charge in [0.1, 0.15) is 18.8 Å². The Labute approximate surface area is 193 Å². The number of carbonyl (C=O) groups excluding carboxylic acids is 3. The van der Waals surface area contributed by atoms with Crippen LogP contribution in [-0.2, 0) is 20.9 Å². The maximum absolute atomic E-state index is 12.8. The molecule has 9 heteroatoms. The zero-order valence-corrected chi connectivity index (χ0v) is 19.1. The average molecular weight is 460 g/mol. The lowest BCUT2D eigenvalue weighted by molar-refractivity contribution is -0.147. The molecule has 1 aromatic carbocycles. The van der Waals surface area contributed by atoms with E-state index in [0.29, 0.717) is 19.6 Å². The van der Waals surface area contributed by atoms with E-state index < -0.39 is 30.3 Å². The Morgan fingerprint density at radius 1 is 1.15 bits per heavy atom. The SMILES string of the molecule is C[C@H]1C(=O)N(CCC(O)C(=O)N2CCC3(CC3)[C@H](O)C2)CCN1C(=O)OCc1ccccc1. The Morgan fingerprint density at radius 2 is 1.88 bits per heavy atom. The quantitative estimate of drug-likeness (QED) is 0.656. The molecule has 3 fully saturated rings. The molecular formula is C24H33N3O6. The number of benzene rings is 1. The van der Waals surface area contributed by atoms with Crippen molar-refractivity contribution in [1.29, 1.82) is 0 Å². The molecule has 9 nitrogen and oxygen atoms in total. The molecule has 1 saturated carbocycles. The Balaban J connectivity index is 1.22. The molecule has 4 rings (SSSR count). The van der Waals surface area contributed by atoms with Gasteiger partial charge in [-0.05, 0) is 43.6 Å². The van der Waals surface area contributed by atoms with E-state index in [0.717, 1.165) is 24.8 Å². The molecule has 3 atom stereocenters. The van der Waals surface area contributed by atoms with Crippen LogP contribution < -0.4 is 0 Å². The number of nitrogens with zero attached hydrogens (tertiary/aromatic N) is 3. The summed E-state index contributed by atoms with van der Waals surface area (Å²) < 4.78 is 5.35. The van der Waals surface area contributed by atoms with Crippen LogP contribution in [0, 0.1) is 5.41 Å². The molecule has 2 N–H and O–H groups in total. The molecule has 2 heterocycles. The van der Waals surface area contributed by atoms with Crippen molar-refractivity contribution in [3.05, 3.63) is 35.9 Å². The van der Waals surface area contributed by atoms with Crippen LogP contribution in [0.5, 0.6) is 0 Å². The van der Waals surface area contributed by atoms with Gasteiger partial charge in [-0.2, -0.15) is 0 Å². The highest BCUT2D eigenvalue weighted by Crippen LogP contribution is 2.53. The summed E-state index contributed by atoms with van der Waals surface area (Å²) in [6, 6.07) is 8.66. The van der Waals surface area contributed by atoms with Crippen LogP contribution in [0.25, 0.3) is 0 Å². The number of likely N-dealkylation sites (tertiary alicyclic amines) is 1. The number of aliphatic hydroxyl groups excluding tert-OH is 2. The Bertz CT molecular complexity index is 874. The van der Waals surface area contributed by atoms with Crippen LogP contribution in [0.2, 0.25) is 0 Å². The predicted octanol–water partition coefficient (Wildman–Crippen LogP) is 0.980. The minimum atomic E-state index is -1.22. The Hall–Kier alpha value is -2.65. The van der Waals surface area contributed by atoms with Crippen molar-refractivity contribution in [3.63, 3.8) is 0 Å². The molecule has 2 aliphatic heterocycles. The van der Waals surface area contributed by atoms with E-state index in [2.05, 4.69) is 0 Å². The van der Waals surface area contributed by atoms with Gasteiger partial charge in [-0.1, -0.05) is 30.3 Å². The molecular weight excluding hydrogens is 426 g/mol. The van der Waals surface area contributed by atoms with Crippen LogP contribution in [-0.4, -0.2) is 93.8 Å². The van der Waals surface area contributed by atoms with E-state index in [-0.39, 0.29) is 37.4 Å². The lowest BCUT2D eigenvalue weighted by Gasteiger charge is -2.39. The molecule has 1 aliphatic carbocycles. The molecule has 0 bridgehead atoms. The van der Waals surface area contributed by atoms with Gasteiger partial charge >= 0.3 is 6.09 Å². The lowest BCUT2D eigenvalue weighted by atomic mass is 9.90. The summed E-state index contributed by atoms with van der Waals surface area (Å²) in [6.45, 7) is 3.47. The van der Waals surface area contributed by atoms with E-state index in [1.54, 1.807) is 11.8 Å². The highest BCUT2D eigenvalue weighted by Gasteiger charge is 2.52. The number of rotatable bonds is 6. The number of hydrogen-bond donors (Lipinski definition) is 2. The Kier molecular flexibility index (Phi) is 6.90. The molecule has 33 heavy (non-hydrogen) atoms. The second kappa shape index (κ2) is 9.69. The summed E-state index contributed by atoms with van der Waals surface area (Å²) in [5, 5.41) is 20.7. The summed E-state index contributed by atoms with van der Waals surface area (Å²) >= 11 is 0. The normalized spacial score (nSPS) is 25.2. The summed E-state index contributed by atoms with van der Waals surface area (Å²) in [5.74, 6) is -0.630. The average Bonchev–Trinajstić information content (AvgIpc) is 3.61. The molecule has 2 saturated heterocycles. The summed E-state index contributed by atoms with van der Waals surface area (Å²) in [4.78, 5) is 42.4. The van der Waals surface area contributed by atoms with Gasteiger partial charge in [0, 0.05) is 32.7 Å². The monoisotopic (exact) mass is 459 g/mol. The number of carbonyl (C=O) groups is 3. The summed E-state index contributed by atoms with van der Waals surface area (Å²) in [7, 11) is 0. The highest BCUT2D eigenvalue weighted by atomic mass is 16.6. The first-order chi connectivity index (χ1) is 15.8. The molecule has 3 amide bonds. The first-order valence-electron chi connectivity index (χ1n) is 11.7. The summed E-state index contributed by atoms with van der Waals surface area (Å²) in [5.41, 5.74) is 0.863. The standard InChI is InChI=1S/C24H33N3O6/c1-17-21(30)25(13-14-27(17)23(32)33-16-18-5-3-2-4-6-18)11-7-19(28)22(31)26-12-10-24(8-9-24)20(29)15-26/h2-6,17,19-20,28-29H,7-16H2,1H3/t17-,19?,20+/m0/s1. The molecule has 0 radical (unpaired) electrons. The van der Waals surface area contributed by atoms with Gasteiger partial charge in [-0.15, -0.1) is 0 Å². The van der Waals surface area contributed by atoms with Gasteiger partial charge in [-0.3, -0.25) is 14.5 Å². The third-order valence-electron chi connectivity index (χ3n) is 7.33. The fourth-order valence-electron chi connectivity index (χ4n) is 4.78. The zero-order chi connectivity index (χ0) is 23.6. The zero-order valence-electron chi connectivity index (χ0n) is 19.1. The van der Waals surface area contributed by atoms with Crippen LogP contribution in [0.3, 0.4) is 0 Å². The Morgan fingerprint density at radius 3 is 2.55 bits per heavy atom. The van der Waals surface area contributed by atoms with Crippen LogP contribution in [0.1, 0.15) is 38.2 Å². The number of β-amino-alcohol motifs (C(OH)–C–C–N with tert-alkyl or cyclic N) is 1. The minimum Gasteiger partial charge on any atom is -0.445 e. The summed E-state index contributed by atoms with van der Waals surface area (Å²) in [6.07, 6.45) is 0.613. The fourth-order valence-corrected chi connectivity index (χ4v) is 4.78. The van der Waals surface area contributed by atoms with Crippen molar-refractivity contribution in [2.45, 2.75) is 57.5 Å². The minimum absolute atomic E-state index is 0.00773. The molecule has 3 aliphatic rings. The lowest BCUT2D eigenvalue weighted by Crippen LogP contribution is -2.58. The number of piperidine rings is 1. The fraction of sp³-hybridized carbons (Fsp3) is 0.625. The van der Waals surface area contributed by atoms with Gasteiger partial charge in [0.2, 0.25) is 5.91 Å². The molecule has 0 aromatic heterocycles. The number of ether oxygens (including phenoxy) is 1. The predicted molar refractivity (Wildman–Crippen MR) is 119 cm³/mol. The third-order valence-corrected chi connectivity index (χ3v) is 7.33. The van der Waals surface area contributed by atoms with E-state index in [1.165, 1.54) is 9.80 Å². The van der Waals surface area contributed by atoms with E-state index in [4.69, 9.17) is 4.74 Å². The number of piperazine rings is 1. The third kappa shape index (κ3) is 5.14. The molecule has 1 aromatic rings. The number of hydrogen-bond acceptors (Lipinski definition) is 6. The maximum atomic E-state index is 12.8. The molecule has 180 valence electrons. The van der Waals surface area contributed by atoms with E-state index >= 15 is 0 Å². The molecule has 1 spiro atoms. The first-order valence-corrected chi connectivity index (χ1v) is 11.7. The van der Waals surface area contributed by atoms with Gasteiger partial charge in [0.25, 0.3) is 5.91 Å². The van der Waals surface area contributed by atoms with Crippen LogP contribution in [0.15, 0.2) is 30.3 Å². The van der Waals surface area contributed by atoms with Gasteiger partial charge in [0.15, 0.2) is 0 Å². The van der Waals surface area contributed by atoms with Gasteiger partial charge in [-0.25, -0.2) is 4.79 Å². The smallest absolute Gasteiger partial charge is 0.410 e. The van der Waals surface area contributed by atoms with E-state index in [1.807, 2.05) is 30.3 Å². The topological polar surface area (TPSA) is 111 Å². The van der Waals surface area contributed by atoms with Crippen LogP contribution in [0.4, 0.5) is 4.79 Å². The second-order valence-corrected chi connectivity index (χ2v) is 9.45. The largest absolute Gasteiger partial charge is 0.445 e. The highest BCUT2D eigenvalue weighted by molar-refractivity contribution is 5.86. The van der Waals surface area contributed by atoms with Crippen molar-refractivity contribution in [2.75, 3.05) is 32.7 Å². The first kappa shape index (κ1) is 23.5. The van der Waals surface area contributed by atoms with Crippen molar-refractivity contribution in [1.82, 2.24) is 14.7 Å². The van der Waals surface area contributed by atoms with Crippen molar-refractivity contribution in [2.24, 2.45) is 5.41 Å². The molecule has 1 unspecified atom stereocenters. The number of amides is 3. The number of aliphatic hydroxyl groups is 2. The van der Waals surface area contributed by atoms with Gasteiger partial charge < -0.3 is 24.7 Å². The second-order valence-electron chi connectivity index (χ2n) is 9.45. The van der Waals surface area contributed by atoms with Crippen molar-refractivity contribution >= 4 is 17.9 Å². The van der Waals surface area contributed by atoms with Crippen LogP contribution >= 0.6 is 0 Å². The maximum Gasteiger partial charge on any atom is 0.410 e. The van der Waals surface area contributed by atoms with Gasteiger partial charge in [0.05, 0.1) is 6.10 Å².